The number of hydrogen-bond donors (Lipinski definition) is 1. The third kappa shape index (κ3) is 3.50. The van der Waals surface area contributed by atoms with Crippen molar-refractivity contribution in [3.05, 3.63) is 11.9 Å². The molecular formula is C15H27N3. The molecule has 0 bridgehead atoms. The summed E-state index contributed by atoms with van der Waals surface area (Å²) in [4.78, 5) is 4.63. The van der Waals surface area contributed by atoms with E-state index in [-0.39, 0.29) is 0 Å². The normalized spacial score (nSPS) is 17.3. The van der Waals surface area contributed by atoms with Gasteiger partial charge in [0.25, 0.3) is 0 Å². The molecule has 2 rings (SSSR count). The summed E-state index contributed by atoms with van der Waals surface area (Å²) < 4.78 is 2.38. The molecule has 1 heterocycles. The van der Waals surface area contributed by atoms with Gasteiger partial charge in [0.1, 0.15) is 0 Å². The zero-order valence-corrected chi connectivity index (χ0v) is 12.1. The molecule has 3 heteroatoms. The fourth-order valence-corrected chi connectivity index (χ4v) is 2.76. The van der Waals surface area contributed by atoms with Gasteiger partial charge < -0.3 is 9.88 Å². The largest absolute Gasteiger partial charge is 0.356 e. The zero-order chi connectivity index (χ0) is 13.0. The van der Waals surface area contributed by atoms with Gasteiger partial charge in [-0.2, -0.15) is 0 Å². The second-order valence-electron chi connectivity index (χ2n) is 6.01. The molecule has 0 saturated heterocycles. The summed E-state index contributed by atoms with van der Waals surface area (Å²) in [5.74, 6) is 1.83. The van der Waals surface area contributed by atoms with Gasteiger partial charge in [0.15, 0.2) is 0 Å². The third-order valence-electron chi connectivity index (χ3n) is 3.83. The molecule has 1 N–H and O–H groups in total. The van der Waals surface area contributed by atoms with Gasteiger partial charge in [0.05, 0.1) is 5.69 Å². The highest BCUT2D eigenvalue weighted by molar-refractivity contribution is 5.29. The Morgan fingerprint density at radius 1 is 1.33 bits per heavy atom. The van der Waals surface area contributed by atoms with Gasteiger partial charge in [-0.25, -0.2) is 4.98 Å². The summed E-state index contributed by atoms with van der Waals surface area (Å²) in [6.45, 7) is 7.65. The molecule has 0 radical (unpaired) electrons. The van der Waals surface area contributed by atoms with Gasteiger partial charge in [-0.1, -0.05) is 33.1 Å². The minimum Gasteiger partial charge on any atom is -0.356 e. The van der Waals surface area contributed by atoms with Crippen LogP contribution in [0.15, 0.2) is 6.20 Å². The minimum atomic E-state index is 0.668. The van der Waals surface area contributed by atoms with E-state index in [4.69, 9.17) is 0 Å². The number of aryl methyl sites for hydroxylation is 1. The number of hydrogen-bond acceptors (Lipinski definition) is 2. The molecule has 1 fully saturated rings. The molecular weight excluding hydrogens is 222 g/mol. The second-order valence-corrected chi connectivity index (χ2v) is 6.01. The van der Waals surface area contributed by atoms with Crippen LogP contribution >= 0.6 is 0 Å². The van der Waals surface area contributed by atoms with Crippen molar-refractivity contribution in [1.29, 1.82) is 0 Å². The van der Waals surface area contributed by atoms with E-state index < -0.39 is 0 Å². The van der Waals surface area contributed by atoms with Gasteiger partial charge in [-0.3, -0.25) is 0 Å². The van der Waals surface area contributed by atoms with Crippen LogP contribution in [0.2, 0.25) is 0 Å². The molecule has 0 aliphatic heterocycles. The predicted molar refractivity (Wildman–Crippen MR) is 77.0 cm³/mol. The van der Waals surface area contributed by atoms with Crippen LogP contribution in [0, 0.1) is 12.8 Å². The average Bonchev–Trinajstić information content (AvgIpc) is 2.71. The number of rotatable bonds is 5. The predicted octanol–water partition coefficient (Wildman–Crippen LogP) is 4.15. The van der Waals surface area contributed by atoms with E-state index in [1.807, 2.05) is 0 Å². The number of imidazole rings is 1. The number of nitrogens with zero attached hydrogens (tertiary/aromatic N) is 2. The first-order chi connectivity index (χ1) is 8.66. The Morgan fingerprint density at radius 3 is 2.72 bits per heavy atom. The fourth-order valence-electron chi connectivity index (χ4n) is 2.76. The molecule has 0 spiro atoms. The number of nitrogens with one attached hydrogen (secondary N) is 1. The lowest BCUT2D eigenvalue weighted by atomic mass is 9.95. The number of anilines is 1. The van der Waals surface area contributed by atoms with Crippen molar-refractivity contribution < 1.29 is 0 Å². The van der Waals surface area contributed by atoms with Crippen molar-refractivity contribution in [2.75, 3.05) is 11.9 Å². The highest BCUT2D eigenvalue weighted by Gasteiger charge is 2.18. The van der Waals surface area contributed by atoms with Crippen LogP contribution in [0.5, 0.6) is 0 Å². The molecule has 102 valence electrons. The maximum atomic E-state index is 4.63. The van der Waals surface area contributed by atoms with E-state index in [1.54, 1.807) is 0 Å². The van der Waals surface area contributed by atoms with Gasteiger partial charge in [0, 0.05) is 18.8 Å². The van der Waals surface area contributed by atoms with Crippen molar-refractivity contribution in [3.63, 3.8) is 0 Å². The smallest absolute Gasteiger partial charge is 0.203 e. The Kier molecular flexibility index (Phi) is 4.67. The van der Waals surface area contributed by atoms with Crippen LogP contribution in [0.25, 0.3) is 0 Å². The van der Waals surface area contributed by atoms with Gasteiger partial charge >= 0.3 is 0 Å². The van der Waals surface area contributed by atoms with E-state index >= 15 is 0 Å². The highest BCUT2D eigenvalue weighted by atomic mass is 15.2. The van der Waals surface area contributed by atoms with E-state index in [0.717, 1.165) is 24.1 Å². The van der Waals surface area contributed by atoms with Crippen molar-refractivity contribution in [3.8, 4) is 0 Å². The summed E-state index contributed by atoms with van der Waals surface area (Å²) in [6.07, 6.45) is 10.2. The molecule has 0 aromatic carbocycles. The van der Waals surface area contributed by atoms with E-state index in [9.17, 15) is 0 Å². The summed E-state index contributed by atoms with van der Waals surface area (Å²) in [7, 11) is 0. The molecule has 0 atom stereocenters. The lowest BCUT2D eigenvalue weighted by Gasteiger charge is -2.24. The lowest BCUT2D eigenvalue weighted by molar-refractivity contribution is 0.355. The van der Waals surface area contributed by atoms with Crippen molar-refractivity contribution in [2.45, 2.75) is 65.3 Å². The van der Waals surface area contributed by atoms with Crippen LogP contribution in [-0.2, 0) is 0 Å². The Bertz CT molecular complexity index is 362. The Hall–Kier alpha value is -0.990. The van der Waals surface area contributed by atoms with Crippen molar-refractivity contribution >= 4 is 5.95 Å². The zero-order valence-electron chi connectivity index (χ0n) is 12.1. The minimum absolute atomic E-state index is 0.668. The summed E-state index contributed by atoms with van der Waals surface area (Å²) in [5.41, 5.74) is 1.13. The second kappa shape index (κ2) is 6.26. The molecule has 1 aliphatic carbocycles. The Morgan fingerprint density at radius 2 is 2.06 bits per heavy atom. The average molecular weight is 249 g/mol. The fraction of sp³-hybridized carbons (Fsp3) is 0.800. The summed E-state index contributed by atoms with van der Waals surface area (Å²) >= 11 is 0. The van der Waals surface area contributed by atoms with Crippen LogP contribution in [0.3, 0.4) is 0 Å². The third-order valence-corrected chi connectivity index (χ3v) is 3.83. The lowest BCUT2D eigenvalue weighted by Crippen LogP contribution is -2.16. The molecule has 0 amide bonds. The SMILES string of the molecule is Cc1cn(C2CCCCC2)c(NCCC(C)C)n1. The van der Waals surface area contributed by atoms with Gasteiger partial charge in [-0.05, 0) is 32.1 Å². The van der Waals surface area contributed by atoms with E-state index in [2.05, 4.69) is 41.8 Å². The van der Waals surface area contributed by atoms with E-state index in [0.29, 0.717) is 6.04 Å². The first-order valence-electron chi connectivity index (χ1n) is 7.46. The van der Waals surface area contributed by atoms with Crippen LogP contribution in [0.4, 0.5) is 5.95 Å². The molecule has 3 nitrogen and oxygen atoms in total. The summed E-state index contributed by atoms with van der Waals surface area (Å²) in [6, 6.07) is 0.668. The van der Waals surface area contributed by atoms with Crippen molar-refractivity contribution in [1.82, 2.24) is 9.55 Å². The Labute approximate surface area is 111 Å². The maximum absolute atomic E-state index is 4.63. The van der Waals surface area contributed by atoms with Crippen LogP contribution in [0.1, 0.15) is 64.1 Å². The topological polar surface area (TPSA) is 29.9 Å². The van der Waals surface area contributed by atoms with Gasteiger partial charge in [0.2, 0.25) is 5.95 Å². The molecule has 1 aliphatic rings. The monoisotopic (exact) mass is 249 g/mol. The maximum Gasteiger partial charge on any atom is 0.203 e. The summed E-state index contributed by atoms with van der Waals surface area (Å²) in [5, 5.41) is 3.51. The highest BCUT2D eigenvalue weighted by Crippen LogP contribution is 2.30. The van der Waals surface area contributed by atoms with Crippen LogP contribution in [-0.4, -0.2) is 16.1 Å². The first kappa shape index (κ1) is 13.4. The molecule has 1 aromatic rings. The standard InChI is InChI=1S/C15H27N3/c1-12(2)9-10-16-15-17-13(3)11-18(15)14-7-5-4-6-8-14/h11-12,14H,4-10H2,1-3H3,(H,16,17). The number of aromatic nitrogens is 2. The molecule has 0 unspecified atom stereocenters. The first-order valence-corrected chi connectivity index (χ1v) is 7.46. The van der Waals surface area contributed by atoms with Crippen molar-refractivity contribution in [2.24, 2.45) is 5.92 Å². The van der Waals surface area contributed by atoms with E-state index in [1.165, 1.54) is 38.5 Å². The molecule has 18 heavy (non-hydrogen) atoms. The van der Waals surface area contributed by atoms with Gasteiger partial charge in [-0.15, -0.1) is 0 Å². The quantitative estimate of drug-likeness (QED) is 0.849. The molecule has 1 saturated carbocycles. The molecule has 1 aromatic heterocycles. The Balaban J connectivity index is 2.00. The van der Waals surface area contributed by atoms with Crippen LogP contribution < -0.4 is 5.32 Å².